The Hall–Kier alpha value is -1.95. The third kappa shape index (κ3) is 2.44. The van der Waals surface area contributed by atoms with Gasteiger partial charge in [-0.3, -0.25) is 4.98 Å². The molecular weight excluding hydrogens is 258 g/mol. The summed E-state index contributed by atoms with van der Waals surface area (Å²) >= 11 is 1.72. The van der Waals surface area contributed by atoms with Gasteiger partial charge in [0, 0.05) is 23.2 Å². The SMILES string of the molecule is CC(C)Sc1ccc2nnc(-c3ccncc3)n2n1. The molecule has 0 aromatic carbocycles. The molecule has 0 aliphatic heterocycles. The molecule has 3 aromatic rings. The molecule has 0 bridgehead atoms. The molecule has 0 aliphatic carbocycles. The molecule has 3 rings (SSSR count). The average molecular weight is 271 g/mol. The van der Waals surface area contributed by atoms with E-state index in [4.69, 9.17) is 0 Å². The van der Waals surface area contributed by atoms with Crippen LogP contribution < -0.4 is 0 Å². The maximum atomic E-state index is 4.59. The van der Waals surface area contributed by atoms with Crippen molar-refractivity contribution in [3.8, 4) is 11.4 Å². The van der Waals surface area contributed by atoms with Crippen LogP contribution in [0.1, 0.15) is 13.8 Å². The summed E-state index contributed by atoms with van der Waals surface area (Å²) in [6, 6.07) is 7.72. The standard InChI is InChI=1S/C13H13N5S/c1-9(2)19-12-4-3-11-15-16-13(18(11)17-12)10-5-7-14-8-6-10/h3-9H,1-2H3. The molecule has 0 saturated carbocycles. The van der Waals surface area contributed by atoms with Gasteiger partial charge in [-0.15, -0.1) is 22.0 Å². The minimum atomic E-state index is 0.491. The highest BCUT2D eigenvalue weighted by atomic mass is 32.2. The number of nitrogens with zero attached hydrogens (tertiary/aromatic N) is 5. The molecule has 0 unspecified atom stereocenters. The number of aromatic nitrogens is 5. The second-order valence-corrected chi connectivity index (χ2v) is 5.96. The minimum absolute atomic E-state index is 0.491. The predicted octanol–water partition coefficient (Wildman–Crippen LogP) is 2.69. The Labute approximate surface area is 115 Å². The molecule has 96 valence electrons. The van der Waals surface area contributed by atoms with Crippen LogP contribution in [0.4, 0.5) is 0 Å². The molecule has 5 nitrogen and oxygen atoms in total. The van der Waals surface area contributed by atoms with Crippen LogP contribution in [0.2, 0.25) is 0 Å². The van der Waals surface area contributed by atoms with Crippen molar-refractivity contribution in [1.82, 2.24) is 24.8 Å². The Morgan fingerprint density at radius 3 is 2.58 bits per heavy atom. The van der Waals surface area contributed by atoms with Crippen LogP contribution in [-0.4, -0.2) is 30.0 Å². The van der Waals surface area contributed by atoms with Gasteiger partial charge in [0.2, 0.25) is 0 Å². The lowest BCUT2D eigenvalue weighted by Crippen LogP contribution is -1.98. The highest BCUT2D eigenvalue weighted by Crippen LogP contribution is 2.22. The van der Waals surface area contributed by atoms with E-state index in [0.717, 1.165) is 22.1 Å². The zero-order valence-corrected chi connectivity index (χ0v) is 11.5. The molecule has 6 heteroatoms. The maximum absolute atomic E-state index is 4.59. The predicted molar refractivity (Wildman–Crippen MR) is 75.0 cm³/mol. The minimum Gasteiger partial charge on any atom is -0.265 e. The van der Waals surface area contributed by atoms with Gasteiger partial charge in [0.1, 0.15) is 5.03 Å². The van der Waals surface area contributed by atoms with Crippen LogP contribution in [0.15, 0.2) is 41.7 Å². The zero-order chi connectivity index (χ0) is 13.2. The first kappa shape index (κ1) is 12.1. The van der Waals surface area contributed by atoms with Crippen LogP contribution in [-0.2, 0) is 0 Å². The first-order valence-electron chi connectivity index (χ1n) is 6.03. The summed E-state index contributed by atoms with van der Waals surface area (Å²) < 4.78 is 1.78. The van der Waals surface area contributed by atoms with Crippen molar-refractivity contribution in [3.63, 3.8) is 0 Å². The van der Waals surface area contributed by atoms with Gasteiger partial charge in [0.05, 0.1) is 0 Å². The van der Waals surface area contributed by atoms with Gasteiger partial charge in [-0.2, -0.15) is 9.61 Å². The third-order valence-electron chi connectivity index (χ3n) is 2.53. The van der Waals surface area contributed by atoms with E-state index in [1.54, 1.807) is 28.7 Å². The third-order valence-corrected chi connectivity index (χ3v) is 3.46. The fraction of sp³-hybridized carbons (Fsp3) is 0.231. The van der Waals surface area contributed by atoms with Crippen LogP contribution in [0.25, 0.3) is 17.0 Å². The average Bonchev–Trinajstić information content (AvgIpc) is 2.82. The van der Waals surface area contributed by atoms with Gasteiger partial charge in [0.15, 0.2) is 11.5 Å². The summed E-state index contributed by atoms with van der Waals surface area (Å²) in [7, 11) is 0. The van der Waals surface area contributed by atoms with Gasteiger partial charge in [0.25, 0.3) is 0 Å². The monoisotopic (exact) mass is 271 g/mol. The number of rotatable bonds is 3. The highest BCUT2D eigenvalue weighted by Gasteiger charge is 2.10. The quantitative estimate of drug-likeness (QED) is 0.685. The molecular formula is C13H13N5S. The zero-order valence-electron chi connectivity index (χ0n) is 10.7. The van der Waals surface area contributed by atoms with Crippen molar-refractivity contribution < 1.29 is 0 Å². The molecule has 3 heterocycles. The summed E-state index contributed by atoms with van der Waals surface area (Å²) in [6.07, 6.45) is 3.48. The molecule has 0 atom stereocenters. The van der Waals surface area contributed by atoms with Crippen LogP contribution in [0, 0.1) is 0 Å². The van der Waals surface area contributed by atoms with Crippen LogP contribution in [0.5, 0.6) is 0 Å². The Morgan fingerprint density at radius 2 is 1.84 bits per heavy atom. The fourth-order valence-corrected chi connectivity index (χ4v) is 2.52. The van der Waals surface area contributed by atoms with Crippen molar-refractivity contribution >= 4 is 17.4 Å². The smallest absolute Gasteiger partial charge is 0.185 e. The molecule has 0 saturated heterocycles. The first-order chi connectivity index (χ1) is 9.24. The number of thioether (sulfide) groups is 1. The van der Waals surface area contributed by atoms with E-state index in [0.29, 0.717) is 5.25 Å². The van der Waals surface area contributed by atoms with Crippen molar-refractivity contribution in [1.29, 1.82) is 0 Å². The number of hydrogen-bond donors (Lipinski definition) is 0. The Bertz CT molecular complexity index is 693. The molecule has 0 spiro atoms. The largest absolute Gasteiger partial charge is 0.265 e. The summed E-state index contributed by atoms with van der Waals surface area (Å²) in [5.41, 5.74) is 1.71. The van der Waals surface area contributed by atoms with Gasteiger partial charge >= 0.3 is 0 Å². The van der Waals surface area contributed by atoms with E-state index in [1.165, 1.54) is 0 Å². The molecule has 0 N–H and O–H groups in total. The lowest BCUT2D eigenvalue weighted by Gasteiger charge is -2.04. The van der Waals surface area contributed by atoms with E-state index in [-0.39, 0.29) is 0 Å². The molecule has 0 aliphatic rings. The Morgan fingerprint density at radius 1 is 1.05 bits per heavy atom. The van der Waals surface area contributed by atoms with Gasteiger partial charge in [-0.1, -0.05) is 13.8 Å². The number of pyridine rings is 1. The van der Waals surface area contributed by atoms with Gasteiger partial charge in [-0.05, 0) is 24.3 Å². The Balaban J connectivity index is 2.11. The molecule has 0 fully saturated rings. The summed E-state index contributed by atoms with van der Waals surface area (Å²) in [6.45, 7) is 4.29. The normalized spacial score (nSPS) is 11.3. The molecule has 19 heavy (non-hydrogen) atoms. The lowest BCUT2D eigenvalue weighted by molar-refractivity contribution is 0.857. The van der Waals surface area contributed by atoms with E-state index >= 15 is 0 Å². The lowest BCUT2D eigenvalue weighted by atomic mass is 10.2. The van der Waals surface area contributed by atoms with Crippen molar-refractivity contribution in [2.45, 2.75) is 24.1 Å². The maximum Gasteiger partial charge on any atom is 0.185 e. The van der Waals surface area contributed by atoms with Gasteiger partial charge < -0.3 is 0 Å². The molecule has 0 radical (unpaired) electrons. The van der Waals surface area contributed by atoms with Crippen LogP contribution >= 0.6 is 11.8 Å². The number of fused-ring (bicyclic) bond motifs is 1. The van der Waals surface area contributed by atoms with Crippen molar-refractivity contribution in [2.24, 2.45) is 0 Å². The Kier molecular flexibility index (Phi) is 3.16. The fourth-order valence-electron chi connectivity index (χ4n) is 1.76. The second-order valence-electron chi connectivity index (χ2n) is 4.37. The second kappa shape index (κ2) is 4.97. The van der Waals surface area contributed by atoms with E-state index < -0.39 is 0 Å². The van der Waals surface area contributed by atoms with E-state index in [1.807, 2.05) is 24.3 Å². The summed E-state index contributed by atoms with van der Waals surface area (Å²) in [5.74, 6) is 0.739. The first-order valence-corrected chi connectivity index (χ1v) is 6.91. The van der Waals surface area contributed by atoms with Crippen molar-refractivity contribution in [3.05, 3.63) is 36.7 Å². The summed E-state index contributed by atoms with van der Waals surface area (Å²) in [4.78, 5) is 4.01. The number of hydrogen-bond acceptors (Lipinski definition) is 5. The van der Waals surface area contributed by atoms with Crippen LogP contribution in [0.3, 0.4) is 0 Å². The molecule has 0 amide bonds. The van der Waals surface area contributed by atoms with E-state index in [2.05, 4.69) is 34.1 Å². The van der Waals surface area contributed by atoms with Gasteiger partial charge in [-0.25, -0.2) is 0 Å². The van der Waals surface area contributed by atoms with E-state index in [9.17, 15) is 0 Å². The topological polar surface area (TPSA) is 56.0 Å². The van der Waals surface area contributed by atoms with Crippen molar-refractivity contribution in [2.75, 3.05) is 0 Å². The molecule has 3 aromatic heterocycles. The highest BCUT2D eigenvalue weighted by molar-refractivity contribution is 7.99. The summed E-state index contributed by atoms with van der Waals surface area (Å²) in [5, 5.41) is 14.4.